The van der Waals surface area contributed by atoms with Gasteiger partial charge in [-0.3, -0.25) is 4.90 Å². The fraction of sp³-hybridized carbons (Fsp3) is 0.750. The van der Waals surface area contributed by atoms with Crippen LogP contribution in [0, 0.1) is 0 Å². The van der Waals surface area contributed by atoms with Crippen LogP contribution in [0.15, 0.2) is 5.38 Å². The molecule has 0 spiro atoms. The highest BCUT2D eigenvalue weighted by Crippen LogP contribution is 2.31. The maximum atomic E-state index is 10.6. The molecule has 0 saturated carbocycles. The molecule has 0 bridgehead atoms. The van der Waals surface area contributed by atoms with Crippen LogP contribution in [0.25, 0.3) is 0 Å². The molecule has 5 heteroatoms. The van der Waals surface area contributed by atoms with Gasteiger partial charge in [0.2, 0.25) is 0 Å². The minimum absolute atomic E-state index is 0.686. The molecule has 17 heavy (non-hydrogen) atoms. The molecule has 1 aromatic rings. The summed E-state index contributed by atoms with van der Waals surface area (Å²) < 4.78 is 0. The van der Waals surface area contributed by atoms with Gasteiger partial charge in [-0.25, -0.2) is 4.98 Å². The number of piperidine rings is 1. The zero-order valence-electron chi connectivity index (χ0n) is 9.98. The molecule has 0 amide bonds. The third-order valence-corrected chi connectivity index (χ3v) is 4.60. The minimum atomic E-state index is -0.686. The maximum absolute atomic E-state index is 10.6. The molecule has 0 atom stereocenters. The molecule has 0 unspecified atom stereocenters. The molecule has 2 saturated heterocycles. The van der Waals surface area contributed by atoms with E-state index in [4.69, 9.17) is 0 Å². The zero-order chi connectivity index (χ0) is 11.7. The van der Waals surface area contributed by atoms with Crippen LogP contribution in [0.4, 0.5) is 0 Å². The molecular weight excluding hydrogens is 234 g/mol. The molecule has 94 valence electrons. The highest BCUT2D eigenvalue weighted by Gasteiger charge is 2.33. The van der Waals surface area contributed by atoms with Gasteiger partial charge >= 0.3 is 0 Å². The van der Waals surface area contributed by atoms with Crippen molar-refractivity contribution in [2.75, 3.05) is 26.2 Å². The molecule has 2 aliphatic rings. The molecule has 2 aliphatic heterocycles. The first-order chi connectivity index (χ1) is 8.26. The van der Waals surface area contributed by atoms with Crippen molar-refractivity contribution >= 4 is 11.3 Å². The van der Waals surface area contributed by atoms with Gasteiger partial charge in [0.25, 0.3) is 0 Å². The van der Waals surface area contributed by atoms with Crippen molar-refractivity contribution in [1.82, 2.24) is 15.2 Å². The first-order valence-corrected chi connectivity index (χ1v) is 7.25. The number of thiazole rings is 1. The second-order valence-electron chi connectivity index (χ2n) is 5.04. The Balaban J connectivity index is 1.69. The third-order valence-electron chi connectivity index (χ3n) is 3.77. The quantitative estimate of drug-likeness (QED) is 0.841. The number of rotatable bonds is 3. The SMILES string of the molecule is OC1(c2csc(CN3CCC3)n2)CCNCC1. The lowest BCUT2D eigenvalue weighted by Crippen LogP contribution is -2.40. The Morgan fingerprint density at radius 3 is 2.82 bits per heavy atom. The average Bonchev–Trinajstić information content (AvgIpc) is 2.74. The van der Waals surface area contributed by atoms with Gasteiger partial charge in [0.05, 0.1) is 12.2 Å². The summed E-state index contributed by atoms with van der Waals surface area (Å²) in [6, 6.07) is 0. The average molecular weight is 253 g/mol. The van der Waals surface area contributed by atoms with E-state index in [-0.39, 0.29) is 0 Å². The number of aromatic nitrogens is 1. The van der Waals surface area contributed by atoms with Crippen molar-refractivity contribution in [2.45, 2.75) is 31.4 Å². The van der Waals surface area contributed by atoms with E-state index in [1.807, 2.05) is 5.38 Å². The molecule has 2 fully saturated rings. The molecule has 0 radical (unpaired) electrons. The fourth-order valence-corrected chi connectivity index (χ4v) is 3.35. The number of hydrogen-bond acceptors (Lipinski definition) is 5. The van der Waals surface area contributed by atoms with Crippen molar-refractivity contribution in [3.05, 3.63) is 16.1 Å². The van der Waals surface area contributed by atoms with Crippen molar-refractivity contribution in [3.8, 4) is 0 Å². The summed E-state index contributed by atoms with van der Waals surface area (Å²) in [5.74, 6) is 0. The number of nitrogens with zero attached hydrogens (tertiary/aromatic N) is 2. The fourth-order valence-electron chi connectivity index (χ4n) is 2.42. The first-order valence-electron chi connectivity index (χ1n) is 6.37. The van der Waals surface area contributed by atoms with Crippen molar-refractivity contribution in [3.63, 3.8) is 0 Å². The second-order valence-corrected chi connectivity index (χ2v) is 5.98. The van der Waals surface area contributed by atoms with E-state index in [2.05, 4.69) is 15.2 Å². The van der Waals surface area contributed by atoms with Gasteiger partial charge < -0.3 is 10.4 Å². The summed E-state index contributed by atoms with van der Waals surface area (Å²) in [5, 5.41) is 17.0. The molecule has 0 aromatic carbocycles. The minimum Gasteiger partial charge on any atom is -0.383 e. The predicted molar refractivity (Wildman–Crippen MR) is 68.0 cm³/mol. The monoisotopic (exact) mass is 253 g/mol. The number of hydrogen-bond donors (Lipinski definition) is 2. The summed E-state index contributed by atoms with van der Waals surface area (Å²) in [4.78, 5) is 7.02. The Kier molecular flexibility index (Phi) is 3.17. The van der Waals surface area contributed by atoms with Gasteiger partial charge in [-0.05, 0) is 45.4 Å². The Morgan fingerprint density at radius 1 is 1.41 bits per heavy atom. The van der Waals surface area contributed by atoms with Gasteiger partial charge in [-0.15, -0.1) is 11.3 Å². The van der Waals surface area contributed by atoms with Gasteiger partial charge in [-0.2, -0.15) is 0 Å². The standard InChI is InChI=1S/C12H19N3OS/c16-12(2-4-13-5-3-12)10-9-17-11(14-10)8-15-6-1-7-15/h9,13,16H,1-8H2. The lowest BCUT2D eigenvalue weighted by atomic mass is 9.90. The summed E-state index contributed by atoms with van der Waals surface area (Å²) in [6.45, 7) is 5.12. The summed E-state index contributed by atoms with van der Waals surface area (Å²) >= 11 is 1.69. The van der Waals surface area contributed by atoms with E-state index in [0.29, 0.717) is 0 Å². The zero-order valence-corrected chi connectivity index (χ0v) is 10.8. The predicted octanol–water partition coefficient (Wildman–Crippen LogP) is 0.920. The summed E-state index contributed by atoms with van der Waals surface area (Å²) in [7, 11) is 0. The molecule has 2 N–H and O–H groups in total. The highest BCUT2D eigenvalue weighted by molar-refractivity contribution is 7.09. The molecule has 3 heterocycles. The lowest BCUT2D eigenvalue weighted by molar-refractivity contribution is 0.00218. The number of likely N-dealkylation sites (tertiary alicyclic amines) is 1. The van der Waals surface area contributed by atoms with E-state index in [9.17, 15) is 5.11 Å². The van der Waals surface area contributed by atoms with Crippen LogP contribution in [-0.4, -0.2) is 41.2 Å². The van der Waals surface area contributed by atoms with Crippen LogP contribution in [0.1, 0.15) is 30.0 Å². The second kappa shape index (κ2) is 4.65. The topological polar surface area (TPSA) is 48.4 Å². The Labute approximate surface area is 106 Å². The van der Waals surface area contributed by atoms with Crippen LogP contribution in [0.2, 0.25) is 0 Å². The smallest absolute Gasteiger partial charge is 0.110 e. The molecule has 4 nitrogen and oxygen atoms in total. The van der Waals surface area contributed by atoms with E-state index in [0.717, 1.165) is 43.2 Å². The molecule has 1 aromatic heterocycles. The summed E-state index contributed by atoms with van der Waals surface area (Å²) in [6.07, 6.45) is 2.87. The van der Waals surface area contributed by atoms with Crippen LogP contribution >= 0.6 is 11.3 Å². The van der Waals surface area contributed by atoms with Gasteiger partial charge in [0, 0.05) is 5.38 Å². The van der Waals surface area contributed by atoms with E-state index in [1.54, 1.807) is 11.3 Å². The van der Waals surface area contributed by atoms with Gasteiger partial charge in [0.15, 0.2) is 0 Å². The maximum Gasteiger partial charge on any atom is 0.110 e. The Morgan fingerprint density at radius 2 is 2.18 bits per heavy atom. The molecule has 3 rings (SSSR count). The van der Waals surface area contributed by atoms with Crippen molar-refractivity contribution in [2.24, 2.45) is 0 Å². The van der Waals surface area contributed by atoms with Crippen LogP contribution in [0.5, 0.6) is 0 Å². The number of nitrogens with one attached hydrogen (secondary N) is 1. The van der Waals surface area contributed by atoms with Crippen LogP contribution in [-0.2, 0) is 12.1 Å². The van der Waals surface area contributed by atoms with Gasteiger partial charge in [-0.1, -0.05) is 0 Å². The van der Waals surface area contributed by atoms with E-state index < -0.39 is 5.60 Å². The number of aliphatic hydroxyl groups is 1. The van der Waals surface area contributed by atoms with Crippen LogP contribution < -0.4 is 5.32 Å². The third kappa shape index (κ3) is 2.38. The van der Waals surface area contributed by atoms with E-state index >= 15 is 0 Å². The van der Waals surface area contributed by atoms with E-state index in [1.165, 1.54) is 19.5 Å². The van der Waals surface area contributed by atoms with Crippen LogP contribution in [0.3, 0.4) is 0 Å². The highest BCUT2D eigenvalue weighted by atomic mass is 32.1. The largest absolute Gasteiger partial charge is 0.383 e. The lowest BCUT2D eigenvalue weighted by Gasteiger charge is -2.31. The molecule has 0 aliphatic carbocycles. The summed E-state index contributed by atoms with van der Waals surface area (Å²) in [5.41, 5.74) is 0.203. The first kappa shape index (κ1) is 11.6. The molecular formula is C12H19N3OS. The Bertz CT molecular complexity index is 383. The van der Waals surface area contributed by atoms with Crippen molar-refractivity contribution in [1.29, 1.82) is 0 Å². The normalized spacial score (nSPS) is 24.5. The Hall–Kier alpha value is -0.490. The van der Waals surface area contributed by atoms with Crippen molar-refractivity contribution < 1.29 is 5.11 Å². The van der Waals surface area contributed by atoms with Gasteiger partial charge in [0.1, 0.15) is 10.6 Å².